The van der Waals surface area contributed by atoms with Gasteiger partial charge in [-0.15, -0.1) is 0 Å². The molecule has 1 unspecified atom stereocenters. The lowest BCUT2D eigenvalue weighted by Gasteiger charge is -2.24. The SMILES string of the molecule is COc1cccc(C(C)N(C)C(=O)c2cc(COc3cc(C)ccc3C)on2)c1. The maximum atomic E-state index is 12.8. The van der Waals surface area contributed by atoms with E-state index in [9.17, 15) is 4.79 Å². The molecule has 29 heavy (non-hydrogen) atoms. The number of methoxy groups -OCH3 is 1. The van der Waals surface area contributed by atoms with Crippen LogP contribution in [0, 0.1) is 13.8 Å². The molecule has 1 aromatic heterocycles. The van der Waals surface area contributed by atoms with Gasteiger partial charge in [-0.05, 0) is 55.7 Å². The van der Waals surface area contributed by atoms with Crippen molar-refractivity contribution < 1.29 is 18.8 Å². The Labute approximate surface area is 171 Å². The maximum Gasteiger partial charge on any atom is 0.276 e. The molecule has 6 nitrogen and oxygen atoms in total. The van der Waals surface area contributed by atoms with Crippen LogP contribution in [-0.4, -0.2) is 30.1 Å². The summed E-state index contributed by atoms with van der Waals surface area (Å²) in [5.74, 6) is 1.82. The molecule has 0 N–H and O–H groups in total. The van der Waals surface area contributed by atoms with Gasteiger partial charge in [0.2, 0.25) is 0 Å². The zero-order chi connectivity index (χ0) is 21.0. The lowest BCUT2D eigenvalue weighted by molar-refractivity contribution is 0.0731. The number of carbonyl (C=O) groups excluding carboxylic acids is 1. The van der Waals surface area contributed by atoms with Crippen molar-refractivity contribution in [2.75, 3.05) is 14.2 Å². The van der Waals surface area contributed by atoms with Gasteiger partial charge in [0.15, 0.2) is 11.5 Å². The van der Waals surface area contributed by atoms with Crippen molar-refractivity contribution >= 4 is 5.91 Å². The Morgan fingerprint density at radius 2 is 1.97 bits per heavy atom. The number of nitrogens with zero attached hydrogens (tertiary/aromatic N) is 2. The molecule has 0 spiro atoms. The van der Waals surface area contributed by atoms with E-state index in [0.717, 1.165) is 28.2 Å². The predicted molar refractivity (Wildman–Crippen MR) is 110 cm³/mol. The lowest BCUT2D eigenvalue weighted by Crippen LogP contribution is -2.29. The summed E-state index contributed by atoms with van der Waals surface area (Å²) in [5, 5.41) is 3.93. The van der Waals surface area contributed by atoms with Crippen LogP contribution in [0.4, 0.5) is 0 Å². The van der Waals surface area contributed by atoms with Crippen LogP contribution in [0.1, 0.15) is 45.9 Å². The highest BCUT2D eigenvalue weighted by molar-refractivity contribution is 5.92. The van der Waals surface area contributed by atoms with Crippen molar-refractivity contribution in [3.8, 4) is 11.5 Å². The van der Waals surface area contributed by atoms with Crippen molar-refractivity contribution in [2.45, 2.75) is 33.4 Å². The third-order valence-corrected chi connectivity index (χ3v) is 4.97. The molecule has 1 heterocycles. The van der Waals surface area contributed by atoms with Gasteiger partial charge in [0.25, 0.3) is 5.91 Å². The Kier molecular flexibility index (Phi) is 6.22. The van der Waals surface area contributed by atoms with Gasteiger partial charge in [0, 0.05) is 13.1 Å². The summed E-state index contributed by atoms with van der Waals surface area (Å²) in [6, 6.07) is 15.2. The van der Waals surface area contributed by atoms with Gasteiger partial charge in [-0.1, -0.05) is 29.4 Å². The van der Waals surface area contributed by atoms with Crippen LogP contribution in [0.15, 0.2) is 53.1 Å². The van der Waals surface area contributed by atoms with Crippen molar-refractivity contribution in [1.29, 1.82) is 0 Å². The molecule has 3 rings (SSSR count). The summed E-state index contributed by atoms with van der Waals surface area (Å²) in [6.07, 6.45) is 0. The molecule has 0 aliphatic rings. The first-order valence-corrected chi connectivity index (χ1v) is 9.45. The summed E-state index contributed by atoms with van der Waals surface area (Å²) in [7, 11) is 3.36. The van der Waals surface area contributed by atoms with Gasteiger partial charge in [-0.3, -0.25) is 4.79 Å². The Morgan fingerprint density at radius 1 is 1.17 bits per heavy atom. The zero-order valence-electron chi connectivity index (χ0n) is 17.4. The Bertz CT molecular complexity index is 996. The van der Waals surface area contributed by atoms with E-state index in [1.807, 2.05) is 63.2 Å². The molecule has 0 bridgehead atoms. The first kappa shape index (κ1) is 20.5. The summed E-state index contributed by atoms with van der Waals surface area (Å²) in [5.41, 5.74) is 3.38. The highest BCUT2D eigenvalue weighted by Crippen LogP contribution is 2.25. The second-order valence-electron chi connectivity index (χ2n) is 7.10. The minimum absolute atomic E-state index is 0.149. The van der Waals surface area contributed by atoms with E-state index in [1.54, 1.807) is 25.1 Å². The standard InChI is InChI=1S/C23H26N2O4/c1-15-9-10-16(2)22(11-15)28-14-20-13-21(24-29-20)23(26)25(4)17(3)18-7-6-8-19(12-18)27-5/h6-13,17H,14H2,1-5H3. The van der Waals surface area contributed by atoms with E-state index in [1.165, 1.54) is 0 Å². The Morgan fingerprint density at radius 3 is 2.72 bits per heavy atom. The van der Waals surface area contributed by atoms with Crippen LogP contribution in [-0.2, 0) is 6.61 Å². The summed E-state index contributed by atoms with van der Waals surface area (Å²) < 4.78 is 16.4. The number of ether oxygens (including phenoxy) is 2. The zero-order valence-corrected chi connectivity index (χ0v) is 17.4. The van der Waals surface area contributed by atoms with Crippen LogP contribution in [0.25, 0.3) is 0 Å². The molecule has 0 fully saturated rings. The van der Waals surface area contributed by atoms with Crippen LogP contribution >= 0.6 is 0 Å². The molecule has 6 heteroatoms. The molecule has 152 valence electrons. The summed E-state index contributed by atoms with van der Waals surface area (Å²) in [4.78, 5) is 14.5. The van der Waals surface area contributed by atoms with E-state index >= 15 is 0 Å². The van der Waals surface area contributed by atoms with Gasteiger partial charge in [0.1, 0.15) is 18.1 Å². The van der Waals surface area contributed by atoms with E-state index in [2.05, 4.69) is 5.16 Å². The van der Waals surface area contributed by atoms with E-state index in [4.69, 9.17) is 14.0 Å². The smallest absolute Gasteiger partial charge is 0.276 e. The van der Waals surface area contributed by atoms with Crippen LogP contribution < -0.4 is 9.47 Å². The number of carbonyl (C=O) groups is 1. The molecule has 1 amide bonds. The second-order valence-corrected chi connectivity index (χ2v) is 7.10. The molecule has 0 aliphatic carbocycles. The number of benzene rings is 2. The van der Waals surface area contributed by atoms with Crippen molar-refractivity contribution in [1.82, 2.24) is 10.1 Å². The third kappa shape index (κ3) is 4.77. The summed E-state index contributed by atoms with van der Waals surface area (Å²) in [6.45, 7) is 6.16. The fourth-order valence-corrected chi connectivity index (χ4v) is 2.98. The Balaban J connectivity index is 1.67. The predicted octanol–water partition coefficient (Wildman–Crippen LogP) is 4.71. The largest absolute Gasteiger partial charge is 0.497 e. The molecule has 2 aromatic carbocycles. The molecular formula is C23H26N2O4. The number of hydrogen-bond donors (Lipinski definition) is 0. The average Bonchev–Trinajstić information content (AvgIpc) is 3.21. The quantitative estimate of drug-likeness (QED) is 0.580. The molecule has 0 aliphatic heterocycles. The van der Waals surface area contributed by atoms with Gasteiger partial charge in [-0.2, -0.15) is 0 Å². The molecule has 3 aromatic rings. The Hall–Kier alpha value is -3.28. The topological polar surface area (TPSA) is 64.8 Å². The monoisotopic (exact) mass is 394 g/mol. The van der Waals surface area contributed by atoms with Gasteiger partial charge < -0.3 is 18.9 Å². The maximum absolute atomic E-state index is 12.8. The molecule has 0 radical (unpaired) electrons. The van der Waals surface area contributed by atoms with Crippen molar-refractivity contribution in [3.05, 3.63) is 76.7 Å². The summed E-state index contributed by atoms with van der Waals surface area (Å²) >= 11 is 0. The van der Waals surface area contributed by atoms with Gasteiger partial charge in [0.05, 0.1) is 13.2 Å². The number of hydrogen-bond acceptors (Lipinski definition) is 5. The molecule has 0 saturated carbocycles. The van der Waals surface area contributed by atoms with Crippen LogP contribution in [0.3, 0.4) is 0 Å². The fourth-order valence-electron chi connectivity index (χ4n) is 2.98. The minimum Gasteiger partial charge on any atom is -0.497 e. The third-order valence-electron chi connectivity index (χ3n) is 4.97. The second kappa shape index (κ2) is 8.82. The van der Waals surface area contributed by atoms with Crippen LogP contribution in [0.5, 0.6) is 11.5 Å². The van der Waals surface area contributed by atoms with Crippen molar-refractivity contribution in [2.24, 2.45) is 0 Å². The van der Waals surface area contributed by atoms with E-state index in [-0.39, 0.29) is 24.2 Å². The lowest BCUT2D eigenvalue weighted by atomic mass is 10.1. The minimum atomic E-state index is -0.220. The normalized spacial score (nSPS) is 11.8. The molecular weight excluding hydrogens is 368 g/mol. The number of rotatable bonds is 7. The van der Waals surface area contributed by atoms with Crippen LogP contribution in [0.2, 0.25) is 0 Å². The van der Waals surface area contributed by atoms with Gasteiger partial charge in [-0.25, -0.2) is 0 Å². The highest BCUT2D eigenvalue weighted by Gasteiger charge is 2.22. The van der Waals surface area contributed by atoms with E-state index in [0.29, 0.717) is 5.76 Å². The van der Waals surface area contributed by atoms with E-state index < -0.39 is 0 Å². The molecule has 0 saturated heterocycles. The fraction of sp³-hybridized carbons (Fsp3) is 0.304. The number of amides is 1. The first-order chi connectivity index (χ1) is 13.9. The first-order valence-electron chi connectivity index (χ1n) is 9.45. The highest BCUT2D eigenvalue weighted by atomic mass is 16.5. The molecule has 1 atom stereocenters. The average molecular weight is 394 g/mol. The van der Waals surface area contributed by atoms with Crippen molar-refractivity contribution in [3.63, 3.8) is 0 Å². The van der Waals surface area contributed by atoms with Gasteiger partial charge >= 0.3 is 0 Å². The number of aryl methyl sites for hydroxylation is 2. The number of aromatic nitrogens is 1.